The van der Waals surface area contributed by atoms with Crippen LogP contribution in [0.3, 0.4) is 0 Å². The maximum absolute atomic E-state index is 11.6. The van der Waals surface area contributed by atoms with Crippen LogP contribution in [0.5, 0.6) is 0 Å². The Morgan fingerprint density at radius 3 is 2.95 bits per heavy atom. The molecule has 0 radical (unpaired) electrons. The summed E-state index contributed by atoms with van der Waals surface area (Å²) in [4.78, 5) is 26.7. The Hall–Kier alpha value is -2.22. The van der Waals surface area contributed by atoms with E-state index in [0.717, 1.165) is 11.8 Å². The van der Waals surface area contributed by atoms with Gasteiger partial charge in [0, 0.05) is 12.4 Å². The molecule has 2 heterocycles. The molecule has 0 aliphatic heterocycles. The van der Waals surface area contributed by atoms with Gasteiger partial charge in [-0.1, -0.05) is 11.8 Å². The number of hydrogen-bond acceptors (Lipinski definition) is 8. The lowest BCUT2D eigenvalue weighted by atomic mass is 10.3. The smallest absolute Gasteiger partial charge is 0.313 e. The van der Waals surface area contributed by atoms with Crippen molar-refractivity contribution < 1.29 is 18.7 Å². The molecule has 7 nitrogen and oxygen atoms in total. The van der Waals surface area contributed by atoms with Crippen LogP contribution in [-0.2, 0) is 14.3 Å². The van der Waals surface area contributed by atoms with Gasteiger partial charge in [0.25, 0.3) is 5.22 Å². The second-order valence-electron chi connectivity index (χ2n) is 3.92. The Kier molecular flexibility index (Phi) is 5.44. The molecule has 2 rings (SSSR count). The predicted molar refractivity (Wildman–Crippen MR) is 74.5 cm³/mol. The first-order valence-electron chi connectivity index (χ1n) is 6.23. The fourth-order valence-corrected chi connectivity index (χ4v) is 2.06. The molecule has 0 amide bonds. The highest BCUT2D eigenvalue weighted by Gasteiger charge is 2.14. The van der Waals surface area contributed by atoms with Gasteiger partial charge in [-0.05, 0) is 19.1 Å². The van der Waals surface area contributed by atoms with E-state index in [1.165, 1.54) is 0 Å². The molecule has 8 heteroatoms. The lowest BCUT2D eigenvalue weighted by Crippen LogP contribution is -2.12. The van der Waals surface area contributed by atoms with Gasteiger partial charge in [0.15, 0.2) is 5.78 Å². The minimum absolute atomic E-state index is 0.0769. The van der Waals surface area contributed by atoms with Gasteiger partial charge in [0.1, 0.15) is 6.42 Å². The van der Waals surface area contributed by atoms with Crippen LogP contribution in [0.25, 0.3) is 11.5 Å². The molecule has 21 heavy (non-hydrogen) atoms. The zero-order valence-corrected chi connectivity index (χ0v) is 12.1. The summed E-state index contributed by atoms with van der Waals surface area (Å²) >= 11 is 1.09. The monoisotopic (exact) mass is 307 g/mol. The van der Waals surface area contributed by atoms with Crippen molar-refractivity contribution in [3.8, 4) is 11.5 Å². The van der Waals surface area contributed by atoms with E-state index in [0.29, 0.717) is 11.5 Å². The van der Waals surface area contributed by atoms with E-state index in [-0.39, 0.29) is 29.8 Å². The van der Waals surface area contributed by atoms with Crippen LogP contribution >= 0.6 is 11.8 Å². The molecule has 0 saturated carbocycles. The quantitative estimate of drug-likeness (QED) is 0.433. The van der Waals surface area contributed by atoms with E-state index in [4.69, 9.17) is 9.15 Å². The van der Waals surface area contributed by atoms with Gasteiger partial charge >= 0.3 is 5.97 Å². The third kappa shape index (κ3) is 4.67. The van der Waals surface area contributed by atoms with Gasteiger partial charge in [0.05, 0.1) is 17.9 Å². The van der Waals surface area contributed by atoms with Crippen LogP contribution in [0.1, 0.15) is 13.3 Å². The van der Waals surface area contributed by atoms with Crippen molar-refractivity contribution in [2.45, 2.75) is 18.6 Å². The SMILES string of the molecule is CCOC(=O)CC(=O)CSc1nnc(-c2cccnc2)o1. The van der Waals surface area contributed by atoms with Crippen molar-refractivity contribution in [2.24, 2.45) is 0 Å². The van der Waals surface area contributed by atoms with E-state index in [9.17, 15) is 9.59 Å². The van der Waals surface area contributed by atoms with Gasteiger partial charge in [-0.15, -0.1) is 10.2 Å². The van der Waals surface area contributed by atoms with Crippen LogP contribution in [0.4, 0.5) is 0 Å². The number of pyridine rings is 1. The number of nitrogens with zero attached hydrogens (tertiary/aromatic N) is 3. The second-order valence-corrected chi connectivity index (χ2v) is 4.85. The number of esters is 1. The summed E-state index contributed by atoms with van der Waals surface area (Å²) in [5.74, 6) is -0.360. The lowest BCUT2D eigenvalue weighted by molar-refractivity contribution is -0.145. The largest absolute Gasteiger partial charge is 0.466 e. The average Bonchev–Trinajstić information content (AvgIpc) is 2.95. The number of ether oxygens (including phenoxy) is 1. The van der Waals surface area contributed by atoms with Crippen molar-refractivity contribution >= 4 is 23.5 Å². The van der Waals surface area contributed by atoms with Gasteiger partial charge in [-0.2, -0.15) is 0 Å². The summed E-state index contributed by atoms with van der Waals surface area (Å²) in [6.07, 6.45) is 3.00. The van der Waals surface area contributed by atoms with Gasteiger partial charge in [-0.3, -0.25) is 14.6 Å². The Balaban J connectivity index is 1.86. The van der Waals surface area contributed by atoms with Crippen molar-refractivity contribution in [3.63, 3.8) is 0 Å². The third-order valence-electron chi connectivity index (χ3n) is 2.32. The van der Waals surface area contributed by atoms with Crippen LogP contribution in [0.2, 0.25) is 0 Å². The van der Waals surface area contributed by atoms with Crippen LogP contribution in [0.15, 0.2) is 34.2 Å². The highest BCUT2D eigenvalue weighted by atomic mass is 32.2. The van der Waals surface area contributed by atoms with Crippen LogP contribution in [0, 0.1) is 0 Å². The summed E-state index contributed by atoms with van der Waals surface area (Å²) in [5.41, 5.74) is 0.703. The first-order chi connectivity index (χ1) is 10.2. The van der Waals surface area contributed by atoms with Crippen LogP contribution < -0.4 is 0 Å². The average molecular weight is 307 g/mol. The van der Waals surface area contributed by atoms with Crippen molar-refractivity contribution in [1.29, 1.82) is 0 Å². The molecule has 2 aromatic rings. The number of rotatable bonds is 7. The minimum atomic E-state index is -0.523. The Morgan fingerprint density at radius 1 is 1.38 bits per heavy atom. The molecule has 2 aromatic heterocycles. The summed E-state index contributed by atoms with van der Waals surface area (Å²) in [6.45, 7) is 1.95. The van der Waals surface area contributed by atoms with Crippen molar-refractivity contribution in [1.82, 2.24) is 15.2 Å². The first kappa shape index (κ1) is 15.2. The summed E-state index contributed by atoms with van der Waals surface area (Å²) < 4.78 is 10.1. The maximum Gasteiger partial charge on any atom is 0.313 e. The minimum Gasteiger partial charge on any atom is -0.466 e. The number of aromatic nitrogens is 3. The number of thioether (sulfide) groups is 1. The molecule has 0 unspecified atom stereocenters. The van der Waals surface area contributed by atoms with Crippen molar-refractivity contribution in [2.75, 3.05) is 12.4 Å². The zero-order valence-electron chi connectivity index (χ0n) is 11.3. The second kappa shape index (κ2) is 7.53. The molecule has 0 fully saturated rings. The molecule has 0 aromatic carbocycles. The summed E-state index contributed by atoms with van der Waals surface area (Å²) in [7, 11) is 0. The van der Waals surface area contributed by atoms with E-state index in [1.54, 1.807) is 31.5 Å². The number of hydrogen-bond donors (Lipinski definition) is 0. The van der Waals surface area contributed by atoms with E-state index < -0.39 is 5.97 Å². The summed E-state index contributed by atoms with van der Waals surface area (Å²) in [6, 6.07) is 3.55. The molecule has 0 N–H and O–H groups in total. The molecule has 0 aliphatic rings. The van der Waals surface area contributed by atoms with Gasteiger partial charge < -0.3 is 9.15 Å². The molecule has 0 atom stereocenters. The normalized spacial score (nSPS) is 10.3. The molecular weight excluding hydrogens is 294 g/mol. The Labute approximate surface area is 125 Å². The topological polar surface area (TPSA) is 95.2 Å². The van der Waals surface area contributed by atoms with E-state index in [2.05, 4.69) is 15.2 Å². The van der Waals surface area contributed by atoms with Gasteiger partial charge in [0.2, 0.25) is 5.89 Å². The number of Topliss-reactive ketones (excluding diaryl/α,β-unsaturated/α-hetero) is 1. The Morgan fingerprint density at radius 2 is 2.24 bits per heavy atom. The molecule has 110 valence electrons. The highest BCUT2D eigenvalue weighted by molar-refractivity contribution is 7.99. The highest BCUT2D eigenvalue weighted by Crippen LogP contribution is 2.22. The number of ketones is 1. The van der Waals surface area contributed by atoms with Crippen molar-refractivity contribution in [3.05, 3.63) is 24.5 Å². The fourth-order valence-electron chi connectivity index (χ4n) is 1.44. The number of carbonyl (C=O) groups is 2. The standard InChI is InChI=1S/C13H13N3O4S/c1-2-19-11(18)6-10(17)8-21-13-16-15-12(20-13)9-4-3-5-14-7-9/h3-5,7H,2,6,8H2,1H3. The summed E-state index contributed by atoms with van der Waals surface area (Å²) in [5, 5.41) is 7.97. The number of carbonyl (C=O) groups excluding carboxylic acids is 2. The van der Waals surface area contributed by atoms with Gasteiger partial charge in [-0.25, -0.2) is 0 Å². The maximum atomic E-state index is 11.6. The molecule has 0 bridgehead atoms. The first-order valence-corrected chi connectivity index (χ1v) is 7.21. The molecule has 0 spiro atoms. The van der Waals surface area contributed by atoms with E-state index in [1.807, 2.05) is 0 Å². The fraction of sp³-hybridized carbons (Fsp3) is 0.308. The lowest BCUT2D eigenvalue weighted by Gasteiger charge is -1.99. The predicted octanol–water partition coefficient (Wildman–Crippen LogP) is 1.75. The zero-order chi connectivity index (χ0) is 15.1. The Bertz CT molecular complexity index is 615. The molecule has 0 saturated heterocycles. The third-order valence-corrected chi connectivity index (χ3v) is 3.20. The molecular formula is C13H13N3O4S. The van der Waals surface area contributed by atoms with Crippen LogP contribution in [-0.4, -0.2) is 39.3 Å². The van der Waals surface area contributed by atoms with E-state index >= 15 is 0 Å². The molecule has 0 aliphatic carbocycles.